The van der Waals surface area contributed by atoms with Gasteiger partial charge in [0.25, 0.3) is 5.82 Å². The molecule has 0 aliphatic rings. The molecule has 2 aromatic heterocycles. The van der Waals surface area contributed by atoms with Crippen LogP contribution in [0.1, 0.15) is 5.69 Å². The van der Waals surface area contributed by atoms with Crippen molar-refractivity contribution in [3.8, 4) is 28.3 Å². The summed E-state index contributed by atoms with van der Waals surface area (Å²) in [6.45, 7) is 7.47. The summed E-state index contributed by atoms with van der Waals surface area (Å²) in [7, 11) is 0. The first-order valence-electron chi connectivity index (χ1n) is 10.8. The standard InChI is InChI=1S/C30H16N4/c1-32-27-17-21(13-15-34-27)29-25-9-5-4-8-24(25)28(20-12-14-33-22(16-20)18-31)26-11-10-19-6-2-3-7-23(19)30(26)29/h2-17H. The predicted molar refractivity (Wildman–Crippen MR) is 136 cm³/mol. The smallest absolute Gasteiger partial charge is 0.270 e. The van der Waals surface area contributed by atoms with Gasteiger partial charge in [0.15, 0.2) is 0 Å². The number of benzene rings is 4. The van der Waals surface area contributed by atoms with Crippen LogP contribution < -0.4 is 0 Å². The number of nitrogens with zero attached hydrogens (tertiary/aromatic N) is 4. The molecule has 6 aromatic rings. The Balaban J connectivity index is 1.89. The van der Waals surface area contributed by atoms with E-state index in [1.807, 2.05) is 42.5 Å². The van der Waals surface area contributed by atoms with Crippen LogP contribution >= 0.6 is 0 Å². The van der Waals surface area contributed by atoms with E-state index < -0.39 is 0 Å². The first-order valence-corrected chi connectivity index (χ1v) is 10.8. The summed E-state index contributed by atoms with van der Waals surface area (Å²) < 4.78 is 0. The molecule has 0 saturated carbocycles. The largest absolute Gasteiger partial charge is 0.361 e. The SMILES string of the molecule is [C-]#[N+]c1cc(-c2c3ccccc3c(-c3ccnc(C#N)c3)c3ccc4ccccc4c23)ccn1. The van der Waals surface area contributed by atoms with Crippen molar-refractivity contribution in [2.24, 2.45) is 0 Å². The Morgan fingerprint density at radius 2 is 1.35 bits per heavy atom. The number of rotatable bonds is 2. The van der Waals surface area contributed by atoms with Crippen LogP contribution in [0, 0.1) is 17.9 Å². The zero-order valence-electron chi connectivity index (χ0n) is 18.0. The van der Waals surface area contributed by atoms with E-state index in [1.54, 1.807) is 12.4 Å². The maximum atomic E-state index is 9.48. The van der Waals surface area contributed by atoms with Gasteiger partial charge in [-0.25, -0.2) is 4.98 Å². The number of hydrogen-bond donors (Lipinski definition) is 0. The summed E-state index contributed by atoms with van der Waals surface area (Å²) in [5.74, 6) is 0.367. The Morgan fingerprint density at radius 1 is 0.676 bits per heavy atom. The molecule has 0 atom stereocenters. The van der Waals surface area contributed by atoms with Crippen molar-refractivity contribution in [3.63, 3.8) is 0 Å². The normalized spacial score (nSPS) is 10.9. The van der Waals surface area contributed by atoms with Crippen molar-refractivity contribution in [1.82, 2.24) is 9.97 Å². The first kappa shape index (κ1) is 19.6. The lowest BCUT2D eigenvalue weighted by molar-refractivity contribution is 1.27. The molecule has 6 rings (SSSR count). The molecular weight excluding hydrogens is 416 g/mol. The van der Waals surface area contributed by atoms with Gasteiger partial charge < -0.3 is 4.85 Å². The zero-order valence-corrected chi connectivity index (χ0v) is 18.0. The van der Waals surface area contributed by atoms with Crippen LogP contribution in [0.4, 0.5) is 5.82 Å². The highest BCUT2D eigenvalue weighted by molar-refractivity contribution is 6.27. The maximum absolute atomic E-state index is 9.48. The Kier molecular flexibility index (Phi) is 4.51. The molecule has 0 N–H and O–H groups in total. The van der Waals surface area contributed by atoms with Crippen molar-refractivity contribution in [1.29, 1.82) is 5.26 Å². The van der Waals surface area contributed by atoms with Crippen LogP contribution in [0.25, 0.3) is 59.4 Å². The van der Waals surface area contributed by atoms with E-state index in [0.29, 0.717) is 11.5 Å². The van der Waals surface area contributed by atoms with Crippen LogP contribution in [0.5, 0.6) is 0 Å². The average molecular weight is 432 g/mol. The van der Waals surface area contributed by atoms with Gasteiger partial charge in [-0.3, -0.25) is 0 Å². The highest BCUT2D eigenvalue weighted by Crippen LogP contribution is 2.46. The molecule has 0 radical (unpaired) electrons. The van der Waals surface area contributed by atoms with E-state index in [9.17, 15) is 5.26 Å². The predicted octanol–water partition coefficient (Wildman–Crippen LogP) is 7.69. The van der Waals surface area contributed by atoms with Crippen molar-refractivity contribution >= 4 is 38.1 Å². The quantitative estimate of drug-likeness (QED) is 0.160. The fourth-order valence-corrected chi connectivity index (χ4v) is 4.84. The molecular formula is C30H16N4. The van der Waals surface area contributed by atoms with Gasteiger partial charge in [0, 0.05) is 6.20 Å². The van der Waals surface area contributed by atoms with Gasteiger partial charge in [-0.2, -0.15) is 5.26 Å². The maximum Gasteiger partial charge on any atom is 0.270 e. The molecule has 0 aliphatic heterocycles. The van der Waals surface area contributed by atoms with Gasteiger partial charge >= 0.3 is 0 Å². The molecule has 4 nitrogen and oxygen atoms in total. The summed E-state index contributed by atoms with van der Waals surface area (Å²) in [5, 5.41) is 16.1. The molecule has 0 saturated heterocycles. The summed E-state index contributed by atoms with van der Waals surface area (Å²) >= 11 is 0. The second kappa shape index (κ2) is 7.81. The van der Waals surface area contributed by atoms with E-state index in [2.05, 4.69) is 63.3 Å². The molecule has 156 valence electrons. The summed E-state index contributed by atoms with van der Waals surface area (Å²) in [4.78, 5) is 11.9. The second-order valence-electron chi connectivity index (χ2n) is 8.06. The minimum absolute atomic E-state index is 0.367. The Labute approximate surface area is 196 Å². The van der Waals surface area contributed by atoms with Gasteiger partial charge in [0.05, 0.1) is 0 Å². The molecule has 0 aliphatic carbocycles. The van der Waals surface area contributed by atoms with E-state index in [1.165, 1.54) is 0 Å². The average Bonchev–Trinajstić information content (AvgIpc) is 2.91. The fourth-order valence-electron chi connectivity index (χ4n) is 4.84. The lowest BCUT2D eigenvalue weighted by Gasteiger charge is -2.19. The van der Waals surface area contributed by atoms with Crippen molar-refractivity contribution in [2.75, 3.05) is 0 Å². The Hall–Kier alpha value is -5.06. The highest BCUT2D eigenvalue weighted by Gasteiger charge is 2.19. The lowest BCUT2D eigenvalue weighted by Crippen LogP contribution is -1.93. The van der Waals surface area contributed by atoms with Gasteiger partial charge in [0.2, 0.25) is 0 Å². The van der Waals surface area contributed by atoms with E-state index in [-0.39, 0.29) is 0 Å². The molecule has 0 fully saturated rings. The monoisotopic (exact) mass is 432 g/mol. The third-order valence-corrected chi connectivity index (χ3v) is 6.23. The van der Waals surface area contributed by atoms with Crippen LogP contribution in [-0.2, 0) is 0 Å². The third kappa shape index (κ3) is 2.98. The minimum Gasteiger partial charge on any atom is -0.361 e. The summed E-state index contributed by atoms with van der Waals surface area (Å²) in [5.41, 5.74) is 4.44. The van der Waals surface area contributed by atoms with Gasteiger partial charge in [0.1, 0.15) is 18.0 Å². The van der Waals surface area contributed by atoms with Gasteiger partial charge in [-0.05, 0) is 78.8 Å². The van der Waals surface area contributed by atoms with E-state index in [0.717, 1.165) is 54.6 Å². The third-order valence-electron chi connectivity index (χ3n) is 6.23. The van der Waals surface area contributed by atoms with E-state index >= 15 is 0 Å². The Morgan fingerprint density at radius 3 is 2.12 bits per heavy atom. The molecule has 2 heterocycles. The van der Waals surface area contributed by atoms with Crippen molar-refractivity contribution in [3.05, 3.63) is 114 Å². The topological polar surface area (TPSA) is 53.9 Å². The van der Waals surface area contributed by atoms with Crippen molar-refractivity contribution in [2.45, 2.75) is 0 Å². The highest BCUT2D eigenvalue weighted by atomic mass is 14.8. The molecule has 0 spiro atoms. The van der Waals surface area contributed by atoms with Crippen LogP contribution in [-0.4, -0.2) is 9.97 Å². The zero-order chi connectivity index (χ0) is 23.1. The van der Waals surface area contributed by atoms with Gasteiger partial charge in [-0.15, -0.1) is 4.98 Å². The molecule has 4 aromatic carbocycles. The molecule has 34 heavy (non-hydrogen) atoms. The molecule has 0 unspecified atom stereocenters. The Bertz CT molecular complexity index is 1840. The van der Waals surface area contributed by atoms with Crippen LogP contribution in [0.2, 0.25) is 0 Å². The number of nitriles is 1. The number of pyridine rings is 2. The molecule has 0 bridgehead atoms. The second-order valence-corrected chi connectivity index (χ2v) is 8.06. The van der Waals surface area contributed by atoms with Gasteiger partial charge in [-0.1, -0.05) is 67.2 Å². The fraction of sp³-hybridized carbons (Fsp3) is 0. The molecule has 4 heteroatoms. The molecule has 0 amide bonds. The summed E-state index contributed by atoms with van der Waals surface area (Å²) in [6.07, 6.45) is 3.39. The lowest BCUT2D eigenvalue weighted by atomic mass is 9.84. The summed E-state index contributed by atoms with van der Waals surface area (Å²) in [6, 6.07) is 30.8. The van der Waals surface area contributed by atoms with Crippen molar-refractivity contribution < 1.29 is 0 Å². The van der Waals surface area contributed by atoms with E-state index in [4.69, 9.17) is 6.57 Å². The first-order chi connectivity index (χ1) is 16.8. The minimum atomic E-state index is 0.367. The number of aromatic nitrogens is 2. The van der Waals surface area contributed by atoms with Crippen LogP contribution in [0.3, 0.4) is 0 Å². The van der Waals surface area contributed by atoms with Crippen LogP contribution in [0.15, 0.2) is 97.3 Å². The number of fused-ring (bicyclic) bond motifs is 4. The number of hydrogen-bond acceptors (Lipinski definition) is 3.